The van der Waals surface area contributed by atoms with Crippen LogP contribution in [0.25, 0.3) is 15.2 Å². The fraction of sp³-hybridized carbons (Fsp3) is 0.250. The first-order valence-corrected chi connectivity index (χ1v) is 6.60. The van der Waals surface area contributed by atoms with Crippen molar-refractivity contribution >= 4 is 32.5 Å². The summed E-state index contributed by atoms with van der Waals surface area (Å²) in [7, 11) is 0. The summed E-state index contributed by atoms with van der Waals surface area (Å²) in [5.74, 6) is -0.385. The lowest BCUT2D eigenvalue weighted by Crippen LogP contribution is -1.99. The minimum absolute atomic E-state index is 0.103. The molecular formula is C12H10FN3O2S. The van der Waals surface area contributed by atoms with Crippen LogP contribution in [0.1, 0.15) is 18.7 Å². The summed E-state index contributed by atoms with van der Waals surface area (Å²) in [4.78, 5) is 11.2. The molecule has 0 aliphatic heterocycles. The van der Waals surface area contributed by atoms with Crippen molar-refractivity contribution in [1.29, 1.82) is 0 Å². The molecule has 0 unspecified atom stereocenters. The van der Waals surface area contributed by atoms with Crippen LogP contribution in [0.15, 0.2) is 18.2 Å². The molecule has 19 heavy (non-hydrogen) atoms. The lowest BCUT2D eigenvalue weighted by Gasteiger charge is -1.98. The third kappa shape index (κ3) is 2.17. The number of thiazole rings is 1. The first-order chi connectivity index (χ1) is 9.15. The Morgan fingerprint density at radius 1 is 1.42 bits per heavy atom. The predicted molar refractivity (Wildman–Crippen MR) is 68.9 cm³/mol. The monoisotopic (exact) mass is 279 g/mol. The van der Waals surface area contributed by atoms with E-state index in [9.17, 15) is 9.18 Å². The Hall–Kier alpha value is -2.02. The maximum Gasteiger partial charge on any atom is 0.303 e. The normalized spacial score (nSPS) is 11.4. The number of hydrogen-bond donors (Lipinski definition) is 1. The fourth-order valence-corrected chi connectivity index (χ4v) is 3.03. The number of carbonyl (C=O) groups is 1. The van der Waals surface area contributed by atoms with Crippen LogP contribution in [-0.4, -0.2) is 25.7 Å². The lowest BCUT2D eigenvalue weighted by molar-refractivity contribution is -0.137. The number of aliphatic carboxylic acids is 1. The van der Waals surface area contributed by atoms with Gasteiger partial charge in [-0.15, -0.1) is 10.2 Å². The van der Waals surface area contributed by atoms with Crippen LogP contribution >= 0.6 is 11.3 Å². The average Bonchev–Trinajstić information content (AvgIpc) is 2.87. The van der Waals surface area contributed by atoms with Crippen LogP contribution in [0.3, 0.4) is 0 Å². The van der Waals surface area contributed by atoms with Crippen LogP contribution in [0, 0.1) is 5.82 Å². The number of aryl methyl sites for hydroxylation is 1. The van der Waals surface area contributed by atoms with E-state index < -0.39 is 5.97 Å². The van der Waals surface area contributed by atoms with Gasteiger partial charge in [0.1, 0.15) is 11.6 Å². The summed E-state index contributed by atoms with van der Waals surface area (Å²) in [6.07, 6.45) is 1.15. The van der Waals surface area contributed by atoms with E-state index in [-0.39, 0.29) is 12.2 Å². The van der Waals surface area contributed by atoms with Crippen molar-refractivity contribution in [2.75, 3.05) is 0 Å². The molecule has 3 rings (SSSR count). The van der Waals surface area contributed by atoms with Gasteiger partial charge in [-0.25, -0.2) is 4.39 Å². The van der Waals surface area contributed by atoms with Crippen LogP contribution in [0.2, 0.25) is 0 Å². The van der Waals surface area contributed by atoms with Crippen molar-refractivity contribution < 1.29 is 14.3 Å². The molecule has 0 radical (unpaired) electrons. The van der Waals surface area contributed by atoms with Gasteiger partial charge < -0.3 is 5.11 Å². The van der Waals surface area contributed by atoms with Crippen LogP contribution in [0.5, 0.6) is 0 Å². The molecule has 3 aromatic rings. The van der Waals surface area contributed by atoms with E-state index in [1.54, 1.807) is 6.07 Å². The minimum Gasteiger partial charge on any atom is -0.481 e. The number of hydrogen-bond acceptors (Lipinski definition) is 4. The number of halogens is 1. The van der Waals surface area contributed by atoms with Crippen molar-refractivity contribution in [3.63, 3.8) is 0 Å². The SMILES string of the molecule is O=C(O)CCCc1nnc2sc3cc(F)ccc3n12. The first kappa shape index (κ1) is 12.0. The number of benzene rings is 1. The molecule has 1 N–H and O–H groups in total. The number of rotatable bonds is 4. The minimum atomic E-state index is -0.821. The molecule has 0 fully saturated rings. The Bertz CT molecular complexity index is 765. The molecule has 0 amide bonds. The van der Waals surface area contributed by atoms with E-state index in [1.807, 2.05) is 4.40 Å². The van der Waals surface area contributed by atoms with E-state index >= 15 is 0 Å². The highest BCUT2D eigenvalue weighted by molar-refractivity contribution is 7.23. The average molecular weight is 279 g/mol. The van der Waals surface area contributed by atoms with Gasteiger partial charge in [-0.3, -0.25) is 9.20 Å². The number of carboxylic acid groups (broad SMARTS) is 1. The van der Waals surface area contributed by atoms with Gasteiger partial charge in [0.05, 0.1) is 10.2 Å². The molecule has 0 atom stereocenters. The van der Waals surface area contributed by atoms with E-state index in [4.69, 9.17) is 5.11 Å². The molecule has 0 saturated heterocycles. The molecule has 98 valence electrons. The maximum atomic E-state index is 13.2. The Kier molecular flexibility index (Phi) is 2.90. The van der Waals surface area contributed by atoms with Gasteiger partial charge in [0.15, 0.2) is 0 Å². The molecule has 0 aliphatic carbocycles. The van der Waals surface area contributed by atoms with E-state index in [2.05, 4.69) is 10.2 Å². The predicted octanol–water partition coefficient (Wildman–Crippen LogP) is 2.49. The molecule has 0 spiro atoms. The molecule has 0 aliphatic rings. The first-order valence-electron chi connectivity index (χ1n) is 5.79. The summed E-state index contributed by atoms with van der Waals surface area (Å²) in [6, 6.07) is 4.56. The van der Waals surface area contributed by atoms with Crippen LogP contribution < -0.4 is 0 Å². The van der Waals surface area contributed by atoms with E-state index in [0.29, 0.717) is 23.6 Å². The van der Waals surface area contributed by atoms with Gasteiger partial charge in [-0.05, 0) is 24.6 Å². The summed E-state index contributed by atoms with van der Waals surface area (Å²) < 4.78 is 15.8. The lowest BCUT2D eigenvalue weighted by atomic mass is 10.2. The highest BCUT2D eigenvalue weighted by atomic mass is 32.1. The van der Waals surface area contributed by atoms with E-state index in [1.165, 1.54) is 23.5 Å². The number of fused-ring (bicyclic) bond motifs is 3. The Morgan fingerprint density at radius 2 is 2.26 bits per heavy atom. The third-order valence-electron chi connectivity index (χ3n) is 2.86. The van der Waals surface area contributed by atoms with Gasteiger partial charge in [0.2, 0.25) is 4.96 Å². The van der Waals surface area contributed by atoms with Crippen molar-refractivity contribution in [3.8, 4) is 0 Å². The Morgan fingerprint density at radius 3 is 3.05 bits per heavy atom. The zero-order chi connectivity index (χ0) is 13.4. The van der Waals surface area contributed by atoms with Gasteiger partial charge >= 0.3 is 5.97 Å². The van der Waals surface area contributed by atoms with Gasteiger partial charge in [0, 0.05) is 12.8 Å². The molecule has 0 saturated carbocycles. The molecule has 2 aromatic heterocycles. The summed E-state index contributed by atoms with van der Waals surface area (Å²) in [5, 5.41) is 16.7. The number of carboxylic acids is 1. The maximum absolute atomic E-state index is 13.2. The van der Waals surface area contributed by atoms with E-state index in [0.717, 1.165) is 10.2 Å². The largest absolute Gasteiger partial charge is 0.481 e. The summed E-state index contributed by atoms with van der Waals surface area (Å²) in [5.41, 5.74) is 0.858. The fourth-order valence-electron chi connectivity index (χ4n) is 2.02. The van der Waals surface area contributed by atoms with Crippen molar-refractivity contribution in [3.05, 3.63) is 29.8 Å². The standard InChI is InChI=1S/C12H10FN3O2S/c13-7-4-5-8-9(6-7)19-12-15-14-10(16(8)12)2-1-3-11(17)18/h4-6H,1-3H2,(H,17,18). The van der Waals surface area contributed by atoms with Crippen LogP contribution in [-0.2, 0) is 11.2 Å². The zero-order valence-corrected chi connectivity index (χ0v) is 10.7. The Balaban J connectivity index is 2.01. The third-order valence-corrected chi connectivity index (χ3v) is 3.85. The van der Waals surface area contributed by atoms with Crippen molar-refractivity contribution in [1.82, 2.24) is 14.6 Å². The van der Waals surface area contributed by atoms with Gasteiger partial charge in [-0.2, -0.15) is 0 Å². The van der Waals surface area contributed by atoms with Crippen LogP contribution in [0.4, 0.5) is 4.39 Å². The highest BCUT2D eigenvalue weighted by Gasteiger charge is 2.12. The zero-order valence-electron chi connectivity index (χ0n) is 9.84. The summed E-state index contributed by atoms with van der Waals surface area (Å²) >= 11 is 1.37. The molecule has 2 heterocycles. The topological polar surface area (TPSA) is 67.5 Å². The second kappa shape index (κ2) is 4.58. The van der Waals surface area contributed by atoms with Gasteiger partial charge in [-0.1, -0.05) is 11.3 Å². The highest BCUT2D eigenvalue weighted by Crippen LogP contribution is 2.27. The van der Waals surface area contributed by atoms with Crippen molar-refractivity contribution in [2.45, 2.75) is 19.3 Å². The smallest absolute Gasteiger partial charge is 0.303 e. The molecule has 0 bridgehead atoms. The second-order valence-electron chi connectivity index (χ2n) is 4.20. The van der Waals surface area contributed by atoms with Gasteiger partial charge in [0.25, 0.3) is 0 Å². The van der Waals surface area contributed by atoms with Crippen molar-refractivity contribution in [2.24, 2.45) is 0 Å². The molecule has 5 nitrogen and oxygen atoms in total. The molecular weight excluding hydrogens is 269 g/mol. The Labute approximate surface area is 111 Å². The quantitative estimate of drug-likeness (QED) is 0.796. The second-order valence-corrected chi connectivity index (χ2v) is 5.20. The molecule has 7 heteroatoms. The molecule has 1 aromatic carbocycles. The number of aromatic nitrogens is 3. The summed E-state index contributed by atoms with van der Waals surface area (Å²) in [6.45, 7) is 0. The number of nitrogens with zero attached hydrogens (tertiary/aromatic N) is 3.